The molecule has 156 valence electrons. The van der Waals surface area contributed by atoms with E-state index in [-0.39, 0.29) is 18.1 Å². The minimum absolute atomic E-state index is 0.0366. The summed E-state index contributed by atoms with van der Waals surface area (Å²) in [5.74, 6) is 0.351. The molecule has 2 aromatic carbocycles. The van der Waals surface area contributed by atoms with Crippen LogP contribution >= 0.6 is 35.6 Å². The number of rotatable bonds is 8. The molecule has 1 aliphatic heterocycles. The minimum atomic E-state index is -0.432. The van der Waals surface area contributed by atoms with Gasteiger partial charge in [0.2, 0.25) is 0 Å². The summed E-state index contributed by atoms with van der Waals surface area (Å²) in [6.45, 7) is 6.26. The fourth-order valence-corrected chi connectivity index (χ4v) is 4.25. The first-order chi connectivity index (χ1) is 14.4. The Hall–Kier alpha value is -2.35. The van der Waals surface area contributed by atoms with Crippen LogP contribution in [-0.4, -0.2) is 28.3 Å². The van der Waals surface area contributed by atoms with Crippen LogP contribution in [0.3, 0.4) is 0 Å². The zero-order chi connectivity index (χ0) is 21.7. The van der Waals surface area contributed by atoms with Crippen LogP contribution in [0, 0.1) is 5.82 Å². The first-order valence-corrected chi connectivity index (χ1v) is 10.7. The van der Waals surface area contributed by atoms with Crippen molar-refractivity contribution in [2.24, 2.45) is 0 Å². The third-order valence-electron chi connectivity index (χ3n) is 4.18. The van der Waals surface area contributed by atoms with Crippen LogP contribution in [-0.2, 0) is 11.4 Å². The highest BCUT2D eigenvalue weighted by Gasteiger charge is 2.31. The average Bonchev–Trinajstić information content (AvgIpc) is 2.97. The van der Waals surface area contributed by atoms with Crippen LogP contribution in [0.4, 0.5) is 4.39 Å². The maximum Gasteiger partial charge on any atom is 0.266 e. The van der Waals surface area contributed by atoms with Crippen molar-refractivity contribution in [2.45, 2.75) is 13.5 Å². The Balaban J connectivity index is 1.82. The molecule has 2 aromatic rings. The third-order valence-corrected chi connectivity index (χ3v) is 5.92. The number of amides is 1. The molecule has 0 bridgehead atoms. The van der Waals surface area contributed by atoms with E-state index < -0.39 is 5.82 Å². The van der Waals surface area contributed by atoms with E-state index >= 15 is 0 Å². The monoisotopic (exact) mass is 463 g/mol. The van der Waals surface area contributed by atoms with Crippen molar-refractivity contribution in [1.29, 1.82) is 0 Å². The van der Waals surface area contributed by atoms with Crippen LogP contribution < -0.4 is 9.47 Å². The molecule has 8 heteroatoms. The quantitative estimate of drug-likeness (QED) is 0.279. The lowest BCUT2D eigenvalue weighted by Crippen LogP contribution is -2.27. The van der Waals surface area contributed by atoms with Gasteiger partial charge >= 0.3 is 0 Å². The summed E-state index contributed by atoms with van der Waals surface area (Å²) < 4.78 is 25.9. The molecule has 0 unspecified atom stereocenters. The molecule has 1 saturated heterocycles. The second kappa shape index (κ2) is 10.1. The third kappa shape index (κ3) is 5.03. The molecule has 0 atom stereocenters. The lowest BCUT2D eigenvalue weighted by molar-refractivity contribution is -0.121. The maximum atomic E-state index is 14.0. The van der Waals surface area contributed by atoms with E-state index in [0.29, 0.717) is 38.9 Å². The molecule has 3 rings (SSSR count). The molecule has 1 fully saturated rings. The van der Waals surface area contributed by atoms with Gasteiger partial charge in [0.1, 0.15) is 16.7 Å². The summed E-state index contributed by atoms with van der Waals surface area (Å²) >= 11 is 12.6. The number of hydrogen-bond acceptors (Lipinski definition) is 5. The lowest BCUT2D eigenvalue weighted by Gasteiger charge is -2.14. The van der Waals surface area contributed by atoms with Gasteiger partial charge in [-0.1, -0.05) is 53.8 Å². The number of nitrogens with zero attached hydrogens (tertiary/aromatic N) is 1. The summed E-state index contributed by atoms with van der Waals surface area (Å²) in [4.78, 5) is 14.5. The Morgan fingerprint density at radius 3 is 2.77 bits per heavy atom. The first-order valence-electron chi connectivity index (χ1n) is 9.13. The number of carbonyl (C=O) groups excluding carboxylic acids is 1. The second-order valence-corrected chi connectivity index (χ2v) is 8.29. The smallest absolute Gasteiger partial charge is 0.266 e. The van der Waals surface area contributed by atoms with Gasteiger partial charge in [0.15, 0.2) is 11.5 Å². The molecule has 1 heterocycles. The van der Waals surface area contributed by atoms with E-state index in [1.54, 1.807) is 42.5 Å². The summed E-state index contributed by atoms with van der Waals surface area (Å²) in [6, 6.07) is 9.76. The zero-order valence-corrected chi connectivity index (χ0v) is 18.6. The van der Waals surface area contributed by atoms with Gasteiger partial charge in [0.25, 0.3) is 5.91 Å². The summed E-state index contributed by atoms with van der Waals surface area (Å²) in [5.41, 5.74) is 1.03. The van der Waals surface area contributed by atoms with Gasteiger partial charge in [-0.2, -0.15) is 0 Å². The molecular formula is C22H19ClFNO3S2. The molecule has 0 aliphatic carbocycles. The Kier molecular flexibility index (Phi) is 7.53. The molecule has 1 amide bonds. The van der Waals surface area contributed by atoms with E-state index in [9.17, 15) is 9.18 Å². The predicted molar refractivity (Wildman–Crippen MR) is 123 cm³/mol. The molecule has 0 saturated carbocycles. The van der Waals surface area contributed by atoms with Crippen LogP contribution in [0.25, 0.3) is 6.08 Å². The van der Waals surface area contributed by atoms with Crippen molar-refractivity contribution in [1.82, 2.24) is 4.90 Å². The second-order valence-electron chi connectivity index (χ2n) is 6.21. The highest BCUT2D eigenvalue weighted by atomic mass is 35.5. The van der Waals surface area contributed by atoms with E-state index in [1.165, 1.54) is 22.7 Å². The lowest BCUT2D eigenvalue weighted by atomic mass is 10.1. The van der Waals surface area contributed by atoms with Crippen LogP contribution in [0.5, 0.6) is 11.5 Å². The van der Waals surface area contributed by atoms with Crippen molar-refractivity contribution in [2.75, 3.05) is 13.2 Å². The SMILES string of the molecule is C=CCN1C(=O)/C(=C\c2ccc(OCc3c(F)cccc3Cl)c(OCC)c2)SC1=S. The molecule has 0 radical (unpaired) electrons. The van der Waals surface area contributed by atoms with Crippen LogP contribution in [0.15, 0.2) is 54.0 Å². The van der Waals surface area contributed by atoms with Gasteiger partial charge in [-0.05, 0) is 42.8 Å². The highest BCUT2D eigenvalue weighted by molar-refractivity contribution is 8.26. The molecular weight excluding hydrogens is 445 g/mol. The number of benzene rings is 2. The van der Waals surface area contributed by atoms with Gasteiger partial charge in [0.05, 0.1) is 16.5 Å². The van der Waals surface area contributed by atoms with E-state index in [1.807, 2.05) is 6.92 Å². The number of halogens is 2. The molecule has 1 aliphatic rings. The minimum Gasteiger partial charge on any atom is -0.490 e. The number of ether oxygens (including phenoxy) is 2. The van der Waals surface area contributed by atoms with E-state index in [4.69, 9.17) is 33.3 Å². The largest absolute Gasteiger partial charge is 0.490 e. The van der Waals surface area contributed by atoms with Crippen molar-refractivity contribution < 1.29 is 18.7 Å². The van der Waals surface area contributed by atoms with Gasteiger partial charge < -0.3 is 9.47 Å². The van der Waals surface area contributed by atoms with Crippen molar-refractivity contribution >= 4 is 51.9 Å². The summed E-state index contributed by atoms with van der Waals surface area (Å²) in [6.07, 6.45) is 3.39. The topological polar surface area (TPSA) is 38.8 Å². The fourth-order valence-electron chi connectivity index (χ4n) is 2.76. The van der Waals surface area contributed by atoms with Gasteiger partial charge in [-0.25, -0.2) is 4.39 Å². The van der Waals surface area contributed by atoms with Gasteiger partial charge in [-0.15, -0.1) is 6.58 Å². The number of hydrogen-bond donors (Lipinski definition) is 0. The Bertz CT molecular complexity index is 1010. The Morgan fingerprint density at radius 2 is 2.07 bits per heavy atom. The van der Waals surface area contributed by atoms with Crippen LogP contribution in [0.1, 0.15) is 18.1 Å². The normalized spacial score (nSPS) is 15.0. The molecule has 0 N–H and O–H groups in total. The maximum absolute atomic E-state index is 14.0. The number of thioether (sulfide) groups is 1. The number of thiocarbonyl (C=S) groups is 1. The Morgan fingerprint density at radius 1 is 1.27 bits per heavy atom. The molecule has 0 spiro atoms. The van der Waals surface area contributed by atoms with E-state index in [2.05, 4.69) is 6.58 Å². The number of carbonyl (C=O) groups is 1. The molecule has 0 aromatic heterocycles. The first kappa shape index (κ1) is 22.3. The highest BCUT2D eigenvalue weighted by Crippen LogP contribution is 2.35. The summed E-state index contributed by atoms with van der Waals surface area (Å²) in [7, 11) is 0. The standard InChI is InChI=1S/C22H19ClFNO3S2/c1-3-10-25-21(26)20(30-22(25)29)12-14-8-9-18(19(11-14)27-4-2)28-13-15-16(23)6-5-7-17(15)24/h3,5-9,11-12H,1,4,10,13H2,2H3/b20-12+. The van der Waals surface area contributed by atoms with Crippen molar-refractivity contribution in [3.63, 3.8) is 0 Å². The van der Waals surface area contributed by atoms with Crippen LogP contribution in [0.2, 0.25) is 5.02 Å². The fraction of sp³-hybridized carbons (Fsp3) is 0.182. The van der Waals surface area contributed by atoms with Crippen molar-refractivity contribution in [3.05, 3.63) is 75.9 Å². The van der Waals surface area contributed by atoms with Gasteiger partial charge in [0, 0.05) is 12.1 Å². The van der Waals surface area contributed by atoms with Crippen molar-refractivity contribution in [3.8, 4) is 11.5 Å². The average molecular weight is 464 g/mol. The predicted octanol–water partition coefficient (Wildman–Crippen LogP) is 5.84. The van der Waals surface area contributed by atoms with Gasteiger partial charge in [-0.3, -0.25) is 9.69 Å². The Labute approximate surface area is 189 Å². The zero-order valence-electron chi connectivity index (χ0n) is 16.2. The molecule has 4 nitrogen and oxygen atoms in total. The van der Waals surface area contributed by atoms with E-state index in [0.717, 1.165) is 5.56 Å². The summed E-state index contributed by atoms with van der Waals surface area (Å²) in [5, 5.41) is 0.297. The molecule has 30 heavy (non-hydrogen) atoms.